The van der Waals surface area contributed by atoms with Crippen LogP contribution in [0.3, 0.4) is 0 Å². The summed E-state index contributed by atoms with van der Waals surface area (Å²) in [5.74, 6) is 0. The zero-order valence-corrected chi connectivity index (χ0v) is 11.3. The Balaban J connectivity index is 3.77. The second kappa shape index (κ2) is 7.65. The molecule has 2 N–H and O–H groups in total. The van der Waals surface area contributed by atoms with Crippen molar-refractivity contribution in [3.05, 3.63) is 0 Å². The Kier molecular flexibility index (Phi) is 7.36. The molecule has 0 aromatic rings. The number of nitrogens with zero attached hydrogens (tertiary/aromatic N) is 2. The van der Waals surface area contributed by atoms with Gasteiger partial charge in [-0.1, -0.05) is 13.8 Å². The van der Waals surface area contributed by atoms with E-state index in [1.54, 1.807) is 6.92 Å². The zero-order valence-electron chi connectivity index (χ0n) is 11.3. The standard InChI is InChI=1S/C13H27N3/c1-5-12(3)16(6-2)10-8-7-9-13(4,15)11-14/h12H,5-10,15H2,1-4H3. The van der Waals surface area contributed by atoms with Gasteiger partial charge in [0.2, 0.25) is 0 Å². The van der Waals surface area contributed by atoms with Gasteiger partial charge in [0.25, 0.3) is 0 Å². The Morgan fingerprint density at radius 2 is 2.00 bits per heavy atom. The van der Waals surface area contributed by atoms with Gasteiger partial charge in [-0.2, -0.15) is 5.26 Å². The highest BCUT2D eigenvalue weighted by molar-refractivity contribution is 5.00. The third-order valence-corrected chi connectivity index (χ3v) is 3.27. The lowest BCUT2D eigenvalue weighted by molar-refractivity contribution is 0.209. The van der Waals surface area contributed by atoms with Gasteiger partial charge in [-0.05, 0) is 52.6 Å². The van der Waals surface area contributed by atoms with Gasteiger partial charge in [0.15, 0.2) is 0 Å². The molecule has 2 atom stereocenters. The van der Waals surface area contributed by atoms with Crippen LogP contribution in [0.15, 0.2) is 0 Å². The van der Waals surface area contributed by atoms with Crippen LogP contribution in [0, 0.1) is 11.3 Å². The van der Waals surface area contributed by atoms with E-state index in [0.717, 1.165) is 32.4 Å². The molecule has 0 saturated heterocycles. The summed E-state index contributed by atoms with van der Waals surface area (Å²) < 4.78 is 0. The Labute approximate surface area is 101 Å². The first kappa shape index (κ1) is 15.4. The van der Waals surface area contributed by atoms with Gasteiger partial charge >= 0.3 is 0 Å². The molecule has 0 aliphatic carbocycles. The number of unbranched alkanes of at least 4 members (excludes halogenated alkanes) is 1. The van der Waals surface area contributed by atoms with Crippen molar-refractivity contribution in [2.75, 3.05) is 13.1 Å². The molecule has 0 rings (SSSR count). The first-order chi connectivity index (χ1) is 7.46. The maximum atomic E-state index is 8.79. The first-order valence-electron chi connectivity index (χ1n) is 6.41. The molecule has 0 spiro atoms. The van der Waals surface area contributed by atoms with E-state index in [9.17, 15) is 0 Å². The highest BCUT2D eigenvalue weighted by Crippen LogP contribution is 2.11. The molecule has 0 aromatic carbocycles. The summed E-state index contributed by atoms with van der Waals surface area (Å²) in [6.07, 6.45) is 4.16. The second-order valence-corrected chi connectivity index (χ2v) is 4.87. The van der Waals surface area contributed by atoms with Gasteiger partial charge in [0, 0.05) is 6.04 Å². The molecule has 16 heavy (non-hydrogen) atoms. The molecule has 0 aliphatic heterocycles. The Hall–Kier alpha value is -0.590. The van der Waals surface area contributed by atoms with Gasteiger partial charge in [-0.25, -0.2) is 0 Å². The summed E-state index contributed by atoms with van der Waals surface area (Å²) in [6.45, 7) is 10.7. The van der Waals surface area contributed by atoms with Crippen LogP contribution in [0.25, 0.3) is 0 Å². The maximum absolute atomic E-state index is 8.79. The third-order valence-electron chi connectivity index (χ3n) is 3.27. The summed E-state index contributed by atoms with van der Waals surface area (Å²) in [6, 6.07) is 2.80. The van der Waals surface area contributed by atoms with Gasteiger partial charge in [-0.15, -0.1) is 0 Å². The second-order valence-electron chi connectivity index (χ2n) is 4.87. The van der Waals surface area contributed by atoms with Crippen LogP contribution in [-0.2, 0) is 0 Å². The lowest BCUT2D eigenvalue weighted by Gasteiger charge is -2.27. The third kappa shape index (κ3) is 6.09. The summed E-state index contributed by atoms with van der Waals surface area (Å²) in [5, 5.41) is 8.79. The summed E-state index contributed by atoms with van der Waals surface area (Å²) >= 11 is 0. The zero-order chi connectivity index (χ0) is 12.6. The number of hydrogen-bond donors (Lipinski definition) is 1. The van der Waals surface area contributed by atoms with Crippen molar-refractivity contribution in [3.8, 4) is 6.07 Å². The number of nitriles is 1. The van der Waals surface area contributed by atoms with Crippen molar-refractivity contribution in [2.45, 2.75) is 65.0 Å². The Bertz CT molecular complexity index is 218. The van der Waals surface area contributed by atoms with Gasteiger partial charge in [0.05, 0.1) is 6.07 Å². The molecule has 0 heterocycles. The van der Waals surface area contributed by atoms with Crippen LogP contribution in [-0.4, -0.2) is 29.6 Å². The molecular weight excluding hydrogens is 198 g/mol. The fourth-order valence-electron chi connectivity index (χ4n) is 1.81. The van der Waals surface area contributed by atoms with Crippen LogP contribution in [0.4, 0.5) is 0 Å². The van der Waals surface area contributed by atoms with Crippen molar-refractivity contribution in [3.63, 3.8) is 0 Å². The van der Waals surface area contributed by atoms with E-state index in [4.69, 9.17) is 11.0 Å². The molecule has 0 fully saturated rings. The maximum Gasteiger partial charge on any atom is 0.101 e. The summed E-state index contributed by atoms with van der Waals surface area (Å²) in [4.78, 5) is 2.49. The molecular formula is C13H27N3. The van der Waals surface area contributed by atoms with Crippen LogP contribution in [0.2, 0.25) is 0 Å². The number of nitrogens with two attached hydrogens (primary N) is 1. The molecule has 0 saturated carbocycles. The van der Waals surface area contributed by atoms with E-state index >= 15 is 0 Å². The van der Waals surface area contributed by atoms with E-state index in [-0.39, 0.29) is 0 Å². The molecule has 0 radical (unpaired) electrons. The van der Waals surface area contributed by atoms with E-state index in [1.807, 2.05) is 0 Å². The van der Waals surface area contributed by atoms with Crippen LogP contribution in [0.1, 0.15) is 53.4 Å². The quantitative estimate of drug-likeness (QED) is 0.646. The van der Waals surface area contributed by atoms with Gasteiger partial charge in [0.1, 0.15) is 5.54 Å². The minimum Gasteiger partial charge on any atom is -0.314 e. The Morgan fingerprint density at radius 3 is 2.44 bits per heavy atom. The van der Waals surface area contributed by atoms with Crippen LogP contribution >= 0.6 is 0 Å². The Morgan fingerprint density at radius 1 is 1.38 bits per heavy atom. The SMILES string of the molecule is CCC(C)N(CC)CCCCC(C)(N)C#N. The summed E-state index contributed by atoms with van der Waals surface area (Å²) in [7, 11) is 0. The lowest BCUT2D eigenvalue weighted by atomic mass is 9.98. The molecule has 3 heteroatoms. The fourth-order valence-corrected chi connectivity index (χ4v) is 1.81. The van der Waals surface area contributed by atoms with E-state index in [1.165, 1.54) is 6.42 Å². The molecule has 3 nitrogen and oxygen atoms in total. The minimum atomic E-state index is -0.645. The van der Waals surface area contributed by atoms with Crippen molar-refractivity contribution in [1.82, 2.24) is 4.90 Å². The topological polar surface area (TPSA) is 53.0 Å². The molecule has 94 valence electrons. The lowest BCUT2D eigenvalue weighted by Crippen LogP contribution is -2.35. The predicted molar refractivity (Wildman–Crippen MR) is 69.1 cm³/mol. The fraction of sp³-hybridized carbons (Fsp3) is 0.923. The molecule has 0 aromatic heterocycles. The van der Waals surface area contributed by atoms with E-state index in [2.05, 4.69) is 31.7 Å². The molecule has 2 unspecified atom stereocenters. The highest BCUT2D eigenvalue weighted by Gasteiger charge is 2.16. The van der Waals surface area contributed by atoms with Gasteiger partial charge in [-0.3, -0.25) is 0 Å². The summed E-state index contributed by atoms with van der Waals surface area (Å²) in [5.41, 5.74) is 5.13. The highest BCUT2D eigenvalue weighted by atomic mass is 15.1. The predicted octanol–water partition coefficient (Wildman–Crippen LogP) is 2.52. The largest absolute Gasteiger partial charge is 0.314 e. The van der Waals surface area contributed by atoms with E-state index < -0.39 is 5.54 Å². The van der Waals surface area contributed by atoms with Crippen LogP contribution in [0.5, 0.6) is 0 Å². The normalized spacial score (nSPS) is 16.8. The van der Waals surface area contributed by atoms with Crippen molar-refractivity contribution < 1.29 is 0 Å². The van der Waals surface area contributed by atoms with Crippen LogP contribution < -0.4 is 5.73 Å². The van der Waals surface area contributed by atoms with E-state index in [0.29, 0.717) is 6.04 Å². The van der Waals surface area contributed by atoms with Crippen molar-refractivity contribution >= 4 is 0 Å². The van der Waals surface area contributed by atoms with Crippen molar-refractivity contribution in [2.24, 2.45) is 5.73 Å². The van der Waals surface area contributed by atoms with Crippen molar-refractivity contribution in [1.29, 1.82) is 5.26 Å². The number of hydrogen-bond acceptors (Lipinski definition) is 3. The molecule has 0 amide bonds. The van der Waals surface area contributed by atoms with Gasteiger partial charge < -0.3 is 10.6 Å². The average molecular weight is 225 g/mol. The monoisotopic (exact) mass is 225 g/mol. The molecule has 0 aliphatic rings. The first-order valence-corrected chi connectivity index (χ1v) is 6.41. The minimum absolute atomic E-state index is 0.645. The smallest absolute Gasteiger partial charge is 0.101 e. The molecule has 0 bridgehead atoms. The number of rotatable bonds is 8. The average Bonchev–Trinajstić information content (AvgIpc) is 2.28.